The Morgan fingerprint density at radius 3 is 2.31 bits per heavy atom. The Balaban J connectivity index is 3.68. The minimum absolute atomic E-state index is 0.115. The van der Waals surface area contributed by atoms with E-state index in [2.05, 4.69) is 24.7 Å². The van der Waals surface area contributed by atoms with Crippen LogP contribution in [0, 0.1) is 5.92 Å². The Morgan fingerprint density at radius 2 is 1.92 bits per heavy atom. The highest BCUT2D eigenvalue weighted by atomic mass is 16.3. The molecular weight excluding hydrogens is 168 g/mol. The van der Waals surface area contributed by atoms with Crippen molar-refractivity contribution >= 4 is 5.91 Å². The summed E-state index contributed by atoms with van der Waals surface area (Å²) in [5.41, 5.74) is 5.51. The quantitative estimate of drug-likeness (QED) is 0.529. The number of hydrogen-bond donors (Lipinski definition) is 3. The molecule has 0 unspecified atom stereocenters. The second kappa shape index (κ2) is 6.86. The van der Waals surface area contributed by atoms with Crippen LogP contribution in [0.25, 0.3) is 0 Å². The largest absolute Gasteiger partial charge is 0.396 e. The highest BCUT2D eigenvalue weighted by Crippen LogP contribution is 1.95. The Hall–Kier alpha value is -0.610. The second-order valence-electron chi connectivity index (χ2n) is 3.23. The molecule has 78 valence electrons. The van der Waals surface area contributed by atoms with E-state index in [1.165, 1.54) is 0 Å². The van der Waals surface area contributed by atoms with E-state index in [1.54, 1.807) is 6.92 Å². The first-order valence-electron chi connectivity index (χ1n) is 4.81. The number of nitrogens with one attached hydrogen (secondary N) is 2. The monoisotopic (exact) mass is 188 g/mol. The molecule has 0 heterocycles. The molecule has 1 amide bonds. The maximum atomic E-state index is 11.2. The molecule has 0 aromatic carbocycles. The standard InChI is InChI=1S/C9H20N2O2/c1-4-8(5-2)10-11-9(13)7(3)6-12/h7-8,10,12H,4-6H2,1-3H3,(H,11,13)/t7-/m1/s1. The first kappa shape index (κ1) is 12.4. The number of amides is 1. The molecule has 4 heteroatoms. The maximum absolute atomic E-state index is 11.2. The van der Waals surface area contributed by atoms with E-state index >= 15 is 0 Å². The Bertz CT molecular complexity index is 147. The van der Waals surface area contributed by atoms with Crippen molar-refractivity contribution in [3.63, 3.8) is 0 Å². The summed E-state index contributed by atoms with van der Waals surface area (Å²) in [5.74, 6) is -0.503. The summed E-state index contributed by atoms with van der Waals surface area (Å²) in [7, 11) is 0. The fourth-order valence-electron chi connectivity index (χ4n) is 0.872. The van der Waals surface area contributed by atoms with Crippen molar-refractivity contribution in [2.24, 2.45) is 5.92 Å². The fourth-order valence-corrected chi connectivity index (χ4v) is 0.872. The van der Waals surface area contributed by atoms with Gasteiger partial charge in [-0.1, -0.05) is 20.8 Å². The summed E-state index contributed by atoms with van der Waals surface area (Å²) in [6.07, 6.45) is 1.95. The first-order valence-corrected chi connectivity index (χ1v) is 4.81. The van der Waals surface area contributed by atoms with E-state index in [4.69, 9.17) is 5.11 Å². The lowest BCUT2D eigenvalue weighted by Gasteiger charge is -2.17. The topological polar surface area (TPSA) is 61.4 Å². The van der Waals surface area contributed by atoms with Gasteiger partial charge in [0.25, 0.3) is 0 Å². The van der Waals surface area contributed by atoms with Gasteiger partial charge in [0.15, 0.2) is 0 Å². The van der Waals surface area contributed by atoms with E-state index in [-0.39, 0.29) is 18.4 Å². The summed E-state index contributed by atoms with van der Waals surface area (Å²) < 4.78 is 0. The number of aliphatic hydroxyl groups is 1. The van der Waals surface area contributed by atoms with Crippen molar-refractivity contribution in [1.82, 2.24) is 10.9 Å². The number of hydrogen-bond acceptors (Lipinski definition) is 3. The molecule has 4 nitrogen and oxygen atoms in total. The van der Waals surface area contributed by atoms with Crippen LogP contribution in [-0.4, -0.2) is 23.7 Å². The average Bonchev–Trinajstić information content (AvgIpc) is 2.17. The van der Waals surface area contributed by atoms with Gasteiger partial charge in [-0.3, -0.25) is 10.2 Å². The number of aliphatic hydroxyl groups excluding tert-OH is 1. The lowest BCUT2D eigenvalue weighted by atomic mass is 10.2. The third kappa shape index (κ3) is 4.85. The van der Waals surface area contributed by atoms with Gasteiger partial charge in [-0.2, -0.15) is 0 Å². The van der Waals surface area contributed by atoms with Gasteiger partial charge in [0.1, 0.15) is 0 Å². The van der Waals surface area contributed by atoms with Crippen LogP contribution in [0.15, 0.2) is 0 Å². The van der Waals surface area contributed by atoms with Gasteiger partial charge in [-0.25, -0.2) is 5.43 Å². The Morgan fingerprint density at radius 1 is 1.38 bits per heavy atom. The zero-order valence-corrected chi connectivity index (χ0v) is 8.63. The lowest BCUT2D eigenvalue weighted by Crippen LogP contribution is -2.46. The van der Waals surface area contributed by atoms with Crippen molar-refractivity contribution in [1.29, 1.82) is 0 Å². The molecule has 0 aliphatic carbocycles. The molecule has 0 saturated carbocycles. The van der Waals surface area contributed by atoms with Crippen LogP contribution in [-0.2, 0) is 4.79 Å². The van der Waals surface area contributed by atoms with E-state index in [1.807, 2.05) is 0 Å². The molecule has 0 bridgehead atoms. The molecule has 0 spiro atoms. The molecule has 0 fully saturated rings. The van der Waals surface area contributed by atoms with Crippen molar-refractivity contribution in [2.75, 3.05) is 6.61 Å². The minimum Gasteiger partial charge on any atom is -0.396 e. The Labute approximate surface area is 79.7 Å². The van der Waals surface area contributed by atoms with Gasteiger partial charge in [0.05, 0.1) is 12.5 Å². The van der Waals surface area contributed by atoms with Crippen molar-refractivity contribution in [3.05, 3.63) is 0 Å². The molecule has 0 radical (unpaired) electrons. The van der Waals surface area contributed by atoms with Gasteiger partial charge in [0.2, 0.25) is 5.91 Å². The van der Waals surface area contributed by atoms with Crippen LogP contribution < -0.4 is 10.9 Å². The lowest BCUT2D eigenvalue weighted by molar-refractivity contribution is -0.126. The molecule has 0 aliphatic rings. The van der Waals surface area contributed by atoms with E-state index in [0.29, 0.717) is 6.04 Å². The van der Waals surface area contributed by atoms with Crippen LogP contribution in [0.5, 0.6) is 0 Å². The number of hydrazine groups is 1. The first-order chi connectivity index (χ1) is 6.15. The smallest absolute Gasteiger partial charge is 0.239 e. The number of carbonyl (C=O) groups is 1. The average molecular weight is 188 g/mol. The summed E-state index contributed by atoms with van der Waals surface area (Å²) in [6, 6.07) is 0.315. The predicted molar refractivity (Wildman–Crippen MR) is 51.9 cm³/mol. The third-order valence-corrected chi connectivity index (χ3v) is 2.11. The number of carbonyl (C=O) groups excluding carboxylic acids is 1. The molecule has 0 aliphatic heterocycles. The summed E-state index contributed by atoms with van der Waals surface area (Å²) in [4.78, 5) is 11.2. The van der Waals surface area contributed by atoms with Gasteiger partial charge in [-0.05, 0) is 12.8 Å². The van der Waals surface area contributed by atoms with Crippen LogP contribution >= 0.6 is 0 Å². The maximum Gasteiger partial charge on any atom is 0.239 e. The second-order valence-corrected chi connectivity index (χ2v) is 3.23. The third-order valence-electron chi connectivity index (χ3n) is 2.11. The Kier molecular flexibility index (Phi) is 6.54. The summed E-state index contributed by atoms with van der Waals surface area (Å²) >= 11 is 0. The zero-order chi connectivity index (χ0) is 10.3. The highest BCUT2D eigenvalue weighted by molar-refractivity contribution is 5.77. The van der Waals surface area contributed by atoms with Crippen LogP contribution in [0.3, 0.4) is 0 Å². The van der Waals surface area contributed by atoms with Gasteiger partial charge in [-0.15, -0.1) is 0 Å². The van der Waals surface area contributed by atoms with Gasteiger partial charge < -0.3 is 5.11 Å². The van der Waals surface area contributed by atoms with Crippen LogP contribution in [0.1, 0.15) is 33.6 Å². The van der Waals surface area contributed by atoms with Gasteiger partial charge in [0, 0.05) is 6.04 Å². The summed E-state index contributed by atoms with van der Waals surface area (Å²) in [6.45, 7) is 5.69. The van der Waals surface area contributed by atoms with E-state index in [9.17, 15) is 4.79 Å². The van der Waals surface area contributed by atoms with Crippen molar-refractivity contribution in [3.8, 4) is 0 Å². The molecule has 3 N–H and O–H groups in total. The molecule has 1 atom stereocenters. The SMILES string of the molecule is CCC(CC)NNC(=O)[C@H](C)CO. The van der Waals surface area contributed by atoms with Crippen molar-refractivity contribution < 1.29 is 9.90 Å². The molecular formula is C9H20N2O2. The van der Waals surface area contributed by atoms with E-state index in [0.717, 1.165) is 12.8 Å². The highest BCUT2D eigenvalue weighted by Gasteiger charge is 2.11. The predicted octanol–water partition coefficient (Wildman–Crippen LogP) is 0.424. The zero-order valence-electron chi connectivity index (χ0n) is 8.63. The van der Waals surface area contributed by atoms with E-state index < -0.39 is 0 Å². The normalized spacial score (nSPS) is 13.0. The molecule has 0 aromatic rings. The summed E-state index contributed by atoms with van der Waals surface area (Å²) in [5, 5.41) is 8.70. The molecule has 0 saturated heterocycles. The fraction of sp³-hybridized carbons (Fsp3) is 0.889. The van der Waals surface area contributed by atoms with Crippen LogP contribution in [0.2, 0.25) is 0 Å². The minimum atomic E-state index is -0.345. The van der Waals surface area contributed by atoms with Gasteiger partial charge >= 0.3 is 0 Å². The number of rotatable bonds is 6. The molecule has 13 heavy (non-hydrogen) atoms. The molecule has 0 aromatic heterocycles. The van der Waals surface area contributed by atoms with Crippen molar-refractivity contribution in [2.45, 2.75) is 39.7 Å². The molecule has 0 rings (SSSR count). The van der Waals surface area contributed by atoms with Crippen LogP contribution in [0.4, 0.5) is 0 Å².